The molecule has 1 amide bonds. The third-order valence-corrected chi connectivity index (χ3v) is 4.75. The van der Waals surface area contributed by atoms with Crippen molar-refractivity contribution in [3.63, 3.8) is 0 Å². The number of nitrogens with one attached hydrogen (secondary N) is 1. The molecule has 1 aromatic heterocycles. The van der Waals surface area contributed by atoms with E-state index in [1.165, 1.54) is 12.8 Å². The molecule has 0 aliphatic carbocycles. The van der Waals surface area contributed by atoms with Gasteiger partial charge in [0.15, 0.2) is 0 Å². The van der Waals surface area contributed by atoms with Crippen molar-refractivity contribution in [2.45, 2.75) is 25.3 Å². The number of hydrogen-bond acceptors (Lipinski definition) is 3. The quantitative estimate of drug-likeness (QED) is 0.838. The van der Waals surface area contributed by atoms with Gasteiger partial charge in [-0.05, 0) is 55.8 Å². The van der Waals surface area contributed by atoms with Gasteiger partial charge in [0.05, 0.1) is 18.7 Å². The highest BCUT2D eigenvalue weighted by Gasteiger charge is 2.25. The summed E-state index contributed by atoms with van der Waals surface area (Å²) in [5.74, 6) is 0.971. The number of carbonyl (C=O) groups is 1. The number of hydrogen-bond donors (Lipinski definition) is 1. The fourth-order valence-electron chi connectivity index (χ4n) is 3.00. The summed E-state index contributed by atoms with van der Waals surface area (Å²) in [6, 6.07) is 11.9. The minimum absolute atomic E-state index is 0.0445. The smallest absolute Gasteiger partial charge is 0.224 e. The molecule has 0 radical (unpaired) electrons. The fraction of sp³-hybridized carbons (Fsp3) is 0.389. The van der Waals surface area contributed by atoms with Crippen molar-refractivity contribution in [2.24, 2.45) is 0 Å². The minimum Gasteiger partial charge on any atom is -0.468 e. The summed E-state index contributed by atoms with van der Waals surface area (Å²) in [6.07, 6.45) is 4.52. The summed E-state index contributed by atoms with van der Waals surface area (Å²) in [6.45, 7) is 2.71. The van der Waals surface area contributed by atoms with E-state index in [0.717, 1.165) is 28.9 Å². The Hall–Kier alpha value is -1.59. The zero-order chi connectivity index (χ0) is 16.1. The highest BCUT2D eigenvalue weighted by Crippen LogP contribution is 2.24. The van der Waals surface area contributed by atoms with Crippen LogP contribution in [0.3, 0.4) is 0 Å². The first-order chi connectivity index (χ1) is 11.2. The Labute approximate surface area is 145 Å². The molecule has 1 aliphatic rings. The van der Waals surface area contributed by atoms with Crippen LogP contribution in [0, 0.1) is 0 Å². The Morgan fingerprint density at radius 3 is 2.61 bits per heavy atom. The largest absolute Gasteiger partial charge is 0.468 e. The lowest BCUT2D eigenvalue weighted by atomic mass is 10.1. The van der Waals surface area contributed by atoms with Crippen molar-refractivity contribution in [1.82, 2.24) is 10.2 Å². The molecule has 23 heavy (non-hydrogen) atoms. The van der Waals surface area contributed by atoms with Crippen molar-refractivity contribution in [1.29, 1.82) is 0 Å². The molecular formula is C18H21BrN2O2. The Bertz CT molecular complexity index is 619. The van der Waals surface area contributed by atoms with E-state index in [2.05, 4.69) is 26.1 Å². The van der Waals surface area contributed by atoms with E-state index in [4.69, 9.17) is 4.42 Å². The maximum Gasteiger partial charge on any atom is 0.224 e. The highest BCUT2D eigenvalue weighted by molar-refractivity contribution is 9.10. The maximum atomic E-state index is 12.2. The number of nitrogens with zero attached hydrogens (tertiary/aromatic N) is 1. The molecule has 1 N–H and O–H groups in total. The van der Waals surface area contributed by atoms with Crippen molar-refractivity contribution in [3.8, 4) is 0 Å². The molecule has 0 bridgehead atoms. The second-order valence-electron chi connectivity index (χ2n) is 5.88. The summed E-state index contributed by atoms with van der Waals surface area (Å²) in [5, 5.41) is 3.06. The SMILES string of the molecule is O=C(Cc1ccc(Br)cc1)NC[C@H](c1ccco1)N1CCCC1. The standard InChI is InChI=1S/C18H21BrN2O2/c19-15-7-5-14(6-8-15)12-18(22)20-13-16(17-4-3-11-23-17)21-9-1-2-10-21/h3-8,11,16H,1-2,9-10,12-13H2,(H,20,22)/t16-/m1/s1. The normalized spacial score (nSPS) is 16.4. The van der Waals surface area contributed by atoms with Crippen LogP contribution in [-0.4, -0.2) is 30.4 Å². The second kappa shape index (κ2) is 7.79. The van der Waals surface area contributed by atoms with Crippen LogP contribution >= 0.6 is 15.9 Å². The summed E-state index contributed by atoms with van der Waals surface area (Å²) in [4.78, 5) is 14.6. The molecule has 4 nitrogen and oxygen atoms in total. The summed E-state index contributed by atoms with van der Waals surface area (Å²) in [5.41, 5.74) is 1.02. The van der Waals surface area contributed by atoms with Gasteiger partial charge in [0.1, 0.15) is 5.76 Å². The molecule has 2 heterocycles. The van der Waals surface area contributed by atoms with Gasteiger partial charge >= 0.3 is 0 Å². The monoisotopic (exact) mass is 376 g/mol. The molecule has 2 aromatic rings. The molecule has 122 valence electrons. The number of furan rings is 1. The number of carbonyl (C=O) groups excluding carboxylic acids is 1. The molecule has 1 saturated heterocycles. The van der Waals surface area contributed by atoms with Gasteiger partial charge in [0, 0.05) is 11.0 Å². The van der Waals surface area contributed by atoms with Crippen LogP contribution in [0.15, 0.2) is 51.6 Å². The number of amides is 1. The summed E-state index contributed by atoms with van der Waals surface area (Å²) in [7, 11) is 0. The van der Waals surface area contributed by atoms with Crippen molar-refractivity contribution >= 4 is 21.8 Å². The van der Waals surface area contributed by atoms with Gasteiger partial charge in [-0.1, -0.05) is 28.1 Å². The van der Waals surface area contributed by atoms with E-state index < -0.39 is 0 Å². The minimum atomic E-state index is 0.0445. The van der Waals surface area contributed by atoms with E-state index >= 15 is 0 Å². The number of rotatable bonds is 6. The van der Waals surface area contributed by atoms with Crippen molar-refractivity contribution in [3.05, 3.63) is 58.5 Å². The van der Waals surface area contributed by atoms with E-state index in [1.54, 1.807) is 6.26 Å². The van der Waals surface area contributed by atoms with Gasteiger partial charge in [0.25, 0.3) is 0 Å². The van der Waals surface area contributed by atoms with E-state index in [-0.39, 0.29) is 11.9 Å². The average Bonchev–Trinajstić information content (AvgIpc) is 3.24. The summed E-state index contributed by atoms with van der Waals surface area (Å²) < 4.78 is 6.60. The molecule has 1 fully saturated rings. The van der Waals surface area contributed by atoms with Gasteiger partial charge in [-0.25, -0.2) is 0 Å². The molecule has 5 heteroatoms. The van der Waals surface area contributed by atoms with Crippen LogP contribution in [0.4, 0.5) is 0 Å². The van der Waals surface area contributed by atoms with Crippen molar-refractivity contribution < 1.29 is 9.21 Å². The number of halogens is 1. The second-order valence-corrected chi connectivity index (χ2v) is 6.80. The van der Waals surface area contributed by atoms with Crippen LogP contribution in [0.25, 0.3) is 0 Å². The highest BCUT2D eigenvalue weighted by atomic mass is 79.9. The Morgan fingerprint density at radius 2 is 1.96 bits per heavy atom. The van der Waals surface area contributed by atoms with Gasteiger partial charge in [-0.3, -0.25) is 9.69 Å². The topological polar surface area (TPSA) is 45.5 Å². The lowest BCUT2D eigenvalue weighted by Gasteiger charge is -2.26. The lowest BCUT2D eigenvalue weighted by Crippen LogP contribution is -2.37. The van der Waals surface area contributed by atoms with Crippen LogP contribution < -0.4 is 5.32 Å². The van der Waals surface area contributed by atoms with Crippen LogP contribution in [-0.2, 0) is 11.2 Å². The third-order valence-electron chi connectivity index (χ3n) is 4.22. The number of likely N-dealkylation sites (tertiary alicyclic amines) is 1. The predicted molar refractivity (Wildman–Crippen MR) is 93.1 cm³/mol. The zero-order valence-corrected chi connectivity index (χ0v) is 14.6. The molecule has 0 spiro atoms. The third kappa shape index (κ3) is 4.45. The van der Waals surface area contributed by atoms with E-state index in [9.17, 15) is 4.79 Å². The van der Waals surface area contributed by atoms with E-state index in [0.29, 0.717) is 13.0 Å². The fourth-order valence-corrected chi connectivity index (χ4v) is 3.27. The molecule has 1 aliphatic heterocycles. The van der Waals surface area contributed by atoms with Gasteiger partial charge < -0.3 is 9.73 Å². The molecule has 3 rings (SSSR count). The molecule has 0 saturated carbocycles. The van der Waals surface area contributed by atoms with Crippen LogP contribution in [0.5, 0.6) is 0 Å². The van der Waals surface area contributed by atoms with Crippen LogP contribution in [0.2, 0.25) is 0 Å². The Morgan fingerprint density at radius 1 is 1.22 bits per heavy atom. The van der Waals surface area contributed by atoms with Gasteiger partial charge in [0.2, 0.25) is 5.91 Å². The maximum absolute atomic E-state index is 12.2. The molecule has 0 unspecified atom stereocenters. The van der Waals surface area contributed by atoms with Gasteiger partial charge in [-0.15, -0.1) is 0 Å². The van der Waals surface area contributed by atoms with Crippen molar-refractivity contribution in [2.75, 3.05) is 19.6 Å². The average molecular weight is 377 g/mol. The first-order valence-electron chi connectivity index (χ1n) is 8.01. The van der Waals surface area contributed by atoms with Crippen LogP contribution in [0.1, 0.15) is 30.2 Å². The molecular weight excluding hydrogens is 356 g/mol. The molecule has 1 atom stereocenters. The van der Waals surface area contributed by atoms with Gasteiger partial charge in [-0.2, -0.15) is 0 Å². The first kappa shape index (κ1) is 16.3. The zero-order valence-electron chi connectivity index (χ0n) is 13.0. The molecule has 1 aromatic carbocycles. The van der Waals surface area contributed by atoms with E-state index in [1.807, 2.05) is 36.4 Å². The number of benzene rings is 1. The first-order valence-corrected chi connectivity index (χ1v) is 8.80. The Kier molecular flexibility index (Phi) is 5.51. The Balaban J connectivity index is 1.57. The lowest BCUT2D eigenvalue weighted by molar-refractivity contribution is -0.120. The summed E-state index contributed by atoms with van der Waals surface area (Å²) >= 11 is 3.40. The predicted octanol–water partition coefficient (Wildman–Crippen LogP) is 3.54.